The van der Waals surface area contributed by atoms with Crippen molar-refractivity contribution in [2.24, 2.45) is 10.9 Å². The van der Waals surface area contributed by atoms with Crippen molar-refractivity contribution in [1.29, 1.82) is 0 Å². The van der Waals surface area contributed by atoms with E-state index in [1.54, 1.807) is 33.9 Å². The van der Waals surface area contributed by atoms with Crippen molar-refractivity contribution in [3.8, 4) is 5.75 Å². The average Bonchev–Trinajstić information content (AvgIpc) is 2.63. The number of hydrogen-bond donors (Lipinski definition) is 1. The van der Waals surface area contributed by atoms with Crippen molar-refractivity contribution in [3.63, 3.8) is 0 Å². The molecule has 0 aliphatic heterocycles. The first-order valence-corrected chi connectivity index (χ1v) is 11.4. The molecular weight excluding hydrogens is 421 g/mol. The van der Waals surface area contributed by atoms with Gasteiger partial charge in [-0.25, -0.2) is 0 Å². The molecule has 0 heterocycles. The van der Waals surface area contributed by atoms with E-state index in [1.807, 2.05) is 13.8 Å². The predicted molar refractivity (Wildman–Crippen MR) is 130 cm³/mol. The Hall–Kier alpha value is -1.10. The number of carbonyl (C=O) groups excluding carboxylic acids is 1. The summed E-state index contributed by atoms with van der Waals surface area (Å²) in [6, 6.07) is 1.66. The summed E-state index contributed by atoms with van der Waals surface area (Å²) in [5, 5.41) is 10.2. The van der Waals surface area contributed by atoms with Gasteiger partial charge in [0.25, 0.3) is 0 Å². The first-order valence-electron chi connectivity index (χ1n) is 10.7. The SMILES string of the molecule is CC1CCC1.CCC(=O)CC(C)(C)O.CCC(C)=Nc1c(Cl)cc(Cl)c(OC)c1C. The van der Waals surface area contributed by atoms with Crippen LogP contribution < -0.4 is 4.74 Å². The fraction of sp³-hybridized carbons (Fsp3) is 0.667. The van der Waals surface area contributed by atoms with E-state index in [0.717, 1.165) is 29.3 Å². The number of ether oxygens (including phenoxy) is 1. The third-order valence-electron chi connectivity index (χ3n) is 4.83. The number of halogens is 2. The van der Waals surface area contributed by atoms with Crippen molar-refractivity contribution in [3.05, 3.63) is 21.7 Å². The number of nitrogens with zero attached hydrogens (tertiary/aromatic N) is 1. The Bertz CT molecular complexity index is 705. The van der Waals surface area contributed by atoms with Crippen LogP contribution in [-0.2, 0) is 4.79 Å². The number of carbonyl (C=O) groups is 1. The number of rotatable bonds is 6. The molecule has 4 nitrogen and oxygen atoms in total. The van der Waals surface area contributed by atoms with E-state index in [2.05, 4.69) is 18.8 Å². The second-order valence-electron chi connectivity index (χ2n) is 8.47. The van der Waals surface area contributed by atoms with E-state index in [4.69, 9.17) is 33.0 Å². The molecule has 0 unspecified atom stereocenters. The summed E-state index contributed by atoms with van der Waals surface area (Å²) >= 11 is 12.1. The minimum atomic E-state index is -0.826. The van der Waals surface area contributed by atoms with Crippen LogP contribution in [0.4, 0.5) is 5.69 Å². The molecule has 0 bridgehead atoms. The van der Waals surface area contributed by atoms with Crippen LogP contribution in [-0.4, -0.2) is 29.3 Å². The van der Waals surface area contributed by atoms with Crippen molar-refractivity contribution in [1.82, 2.24) is 0 Å². The Balaban J connectivity index is 0.000000500. The van der Waals surface area contributed by atoms with Crippen LogP contribution in [0.25, 0.3) is 0 Å². The van der Waals surface area contributed by atoms with Gasteiger partial charge in [0, 0.05) is 24.1 Å². The highest BCUT2D eigenvalue weighted by molar-refractivity contribution is 6.37. The Morgan fingerprint density at radius 2 is 1.77 bits per heavy atom. The predicted octanol–water partition coefficient (Wildman–Crippen LogP) is 7.75. The minimum absolute atomic E-state index is 0.113. The van der Waals surface area contributed by atoms with E-state index >= 15 is 0 Å². The molecule has 0 radical (unpaired) electrons. The number of ketones is 1. The third kappa shape index (κ3) is 11.3. The summed E-state index contributed by atoms with van der Waals surface area (Å²) in [7, 11) is 1.59. The first kappa shape index (κ1) is 28.9. The maximum Gasteiger partial charge on any atom is 0.142 e. The summed E-state index contributed by atoms with van der Waals surface area (Å²) in [5.41, 5.74) is 1.80. The Morgan fingerprint density at radius 3 is 2.07 bits per heavy atom. The van der Waals surface area contributed by atoms with Gasteiger partial charge in [-0.1, -0.05) is 63.2 Å². The summed E-state index contributed by atoms with van der Waals surface area (Å²) < 4.78 is 5.23. The second-order valence-corrected chi connectivity index (χ2v) is 9.28. The molecular formula is C24H39Cl2NO3. The number of benzene rings is 1. The molecule has 1 N–H and O–H groups in total. The Kier molecular flexibility index (Phi) is 13.5. The lowest BCUT2D eigenvalue weighted by Gasteiger charge is -2.18. The molecule has 30 heavy (non-hydrogen) atoms. The fourth-order valence-electron chi connectivity index (χ4n) is 2.59. The number of hydrogen-bond acceptors (Lipinski definition) is 4. The second kappa shape index (κ2) is 14.1. The van der Waals surface area contributed by atoms with Gasteiger partial charge in [-0.05, 0) is 46.1 Å². The van der Waals surface area contributed by atoms with Crippen LogP contribution in [0.2, 0.25) is 10.0 Å². The number of aliphatic imine (C=N–C) groups is 1. The van der Waals surface area contributed by atoms with Gasteiger partial charge in [0.1, 0.15) is 11.5 Å². The van der Waals surface area contributed by atoms with Crippen LogP contribution in [0, 0.1) is 12.8 Å². The summed E-state index contributed by atoms with van der Waals surface area (Å²) in [4.78, 5) is 15.1. The number of methoxy groups -OCH3 is 1. The molecule has 1 aliphatic carbocycles. The monoisotopic (exact) mass is 459 g/mol. The third-order valence-corrected chi connectivity index (χ3v) is 5.40. The average molecular weight is 460 g/mol. The first-order chi connectivity index (χ1) is 13.9. The number of Topliss-reactive ketones (excluding diaryl/α,β-unsaturated/α-hetero) is 1. The molecule has 0 spiro atoms. The van der Waals surface area contributed by atoms with E-state index < -0.39 is 5.60 Å². The molecule has 0 saturated heterocycles. The van der Waals surface area contributed by atoms with Crippen LogP contribution >= 0.6 is 23.2 Å². The zero-order valence-corrected chi connectivity index (χ0v) is 21.4. The summed E-state index contributed by atoms with van der Waals surface area (Å²) in [5.74, 6) is 1.81. The standard InChI is InChI=1S/C12H15Cl2NO.C7H14O2.C5H10/c1-5-7(2)15-11-8(3)12(16-4)10(14)6-9(11)13;1-4-6(8)5-7(2,3)9;1-5-3-2-4-5/h6H,5H2,1-4H3;9H,4-5H2,1-3H3;5H,2-4H2,1H3. The zero-order chi connectivity index (χ0) is 23.5. The lowest BCUT2D eigenvalue weighted by molar-refractivity contribution is -0.122. The molecule has 1 saturated carbocycles. The quantitative estimate of drug-likeness (QED) is 0.442. The largest absolute Gasteiger partial charge is 0.495 e. The lowest BCUT2D eigenvalue weighted by Crippen LogP contribution is -2.22. The zero-order valence-electron chi connectivity index (χ0n) is 19.9. The molecule has 2 rings (SSSR count). The Labute approximate surface area is 193 Å². The highest BCUT2D eigenvalue weighted by Gasteiger charge is 2.16. The molecule has 1 aliphatic rings. The minimum Gasteiger partial charge on any atom is -0.495 e. The van der Waals surface area contributed by atoms with Gasteiger partial charge in [-0.2, -0.15) is 0 Å². The van der Waals surface area contributed by atoms with Crippen LogP contribution in [0.1, 0.15) is 85.6 Å². The molecule has 0 aromatic heterocycles. The molecule has 1 fully saturated rings. The van der Waals surface area contributed by atoms with Gasteiger partial charge in [0.2, 0.25) is 0 Å². The lowest BCUT2D eigenvalue weighted by atomic mass is 9.88. The molecule has 172 valence electrons. The normalized spacial score (nSPS) is 14.0. The maximum absolute atomic E-state index is 10.7. The topological polar surface area (TPSA) is 58.9 Å². The van der Waals surface area contributed by atoms with Gasteiger partial charge in [0.05, 0.1) is 28.4 Å². The number of aliphatic hydroxyl groups is 1. The van der Waals surface area contributed by atoms with Crippen molar-refractivity contribution < 1.29 is 14.6 Å². The molecule has 6 heteroatoms. The van der Waals surface area contributed by atoms with Crippen LogP contribution in [0.15, 0.2) is 11.1 Å². The summed E-state index contributed by atoms with van der Waals surface area (Å²) in [6.45, 7) is 13.3. The van der Waals surface area contributed by atoms with E-state index in [0.29, 0.717) is 22.2 Å². The van der Waals surface area contributed by atoms with Crippen molar-refractivity contribution in [2.45, 2.75) is 92.6 Å². The molecule has 0 atom stereocenters. The van der Waals surface area contributed by atoms with Gasteiger partial charge in [0.15, 0.2) is 0 Å². The van der Waals surface area contributed by atoms with E-state index in [1.165, 1.54) is 19.3 Å². The fourth-order valence-corrected chi connectivity index (χ4v) is 3.27. The summed E-state index contributed by atoms with van der Waals surface area (Å²) in [6.07, 6.45) is 6.13. The van der Waals surface area contributed by atoms with Crippen LogP contribution in [0.3, 0.4) is 0 Å². The maximum atomic E-state index is 10.7. The van der Waals surface area contributed by atoms with Crippen molar-refractivity contribution in [2.75, 3.05) is 7.11 Å². The molecule has 1 aromatic rings. The highest BCUT2D eigenvalue weighted by Crippen LogP contribution is 2.40. The smallest absolute Gasteiger partial charge is 0.142 e. The van der Waals surface area contributed by atoms with Gasteiger partial charge in [-0.15, -0.1) is 0 Å². The molecule has 0 amide bonds. The van der Waals surface area contributed by atoms with Crippen molar-refractivity contribution >= 4 is 40.4 Å². The van der Waals surface area contributed by atoms with Gasteiger partial charge >= 0.3 is 0 Å². The van der Waals surface area contributed by atoms with Gasteiger partial charge in [-0.3, -0.25) is 9.79 Å². The van der Waals surface area contributed by atoms with E-state index in [-0.39, 0.29) is 12.2 Å². The highest BCUT2D eigenvalue weighted by atomic mass is 35.5. The van der Waals surface area contributed by atoms with Gasteiger partial charge < -0.3 is 9.84 Å². The molecule has 1 aromatic carbocycles. The van der Waals surface area contributed by atoms with E-state index in [9.17, 15) is 4.79 Å². The van der Waals surface area contributed by atoms with Crippen LogP contribution in [0.5, 0.6) is 5.75 Å². The Morgan fingerprint density at radius 1 is 1.23 bits per heavy atom.